The molecular formula is C14H18N2O3. The molecule has 0 spiro atoms. The first kappa shape index (κ1) is 13.4. The van der Waals surface area contributed by atoms with Crippen LogP contribution in [0.1, 0.15) is 31.2 Å². The van der Waals surface area contributed by atoms with Gasteiger partial charge in [-0.2, -0.15) is 0 Å². The lowest BCUT2D eigenvalue weighted by Crippen LogP contribution is -2.05. The maximum Gasteiger partial charge on any atom is 0.309 e. The van der Waals surface area contributed by atoms with Crippen LogP contribution in [0.5, 0.6) is 5.75 Å². The number of carbonyl (C=O) groups is 1. The van der Waals surface area contributed by atoms with Crippen molar-refractivity contribution in [3.8, 4) is 5.75 Å². The highest BCUT2D eigenvalue weighted by Crippen LogP contribution is 2.22. The van der Waals surface area contributed by atoms with Crippen LogP contribution in [0.4, 0.5) is 0 Å². The number of hydrogen-bond acceptors (Lipinski definition) is 3. The van der Waals surface area contributed by atoms with Gasteiger partial charge in [0.2, 0.25) is 0 Å². The smallest absolute Gasteiger partial charge is 0.309 e. The van der Waals surface area contributed by atoms with Gasteiger partial charge in [-0.05, 0) is 25.5 Å². The Balaban J connectivity index is 2.37. The van der Waals surface area contributed by atoms with Gasteiger partial charge in [0.05, 0.1) is 24.4 Å². The average molecular weight is 262 g/mol. The quantitative estimate of drug-likeness (QED) is 0.812. The number of nitrogens with zero attached hydrogens (tertiary/aromatic N) is 2. The Labute approximate surface area is 111 Å². The zero-order valence-corrected chi connectivity index (χ0v) is 11.2. The Morgan fingerprint density at radius 3 is 3.00 bits per heavy atom. The second-order valence-corrected chi connectivity index (χ2v) is 4.48. The Bertz CT molecular complexity index is 590. The molecule has 1 N–H and O–H groups in total. The second kappa shape index (κ2) is 5.73. The summed E-state index contributed by atoms with van der Waals surface area (Å²) in [6.07, 6.45) is 3.84. The SMILES string of the molecule is CCCCOc1cccn2c(CC(=O)O)c(C)nc12. The standard InChI is InChI=1S/C14H18N2O3/c1-3-4-8-19-12-6-5-7-16-11(9-13(17)18)10(2)15-14(12)16/h5-7H,3-4,8-9H2,1-2H3,(H,17,18). The fraction of sp³-hybridized carbons (Fsp3) is 0.429. The third-order valence-electron chi connectivity index (χ3n) is 2.99. The van der Waals surface area contributed by atoms with Crippen LogP contribution in [0.15, 0.2) is 18.3 Å². The maximum absolute atomic E-state index is 10.9. The third-order valence-corrected chi connectivity index (χ3v) is 2.99. The highest BCUT2D eigenvalue weighted by molar-refractivity contribution is 5.71. The molecular weight excluding hydrogens is 244 g/mol. The van der Waals surface area contributed by atoms with Crippen molar-refractivity contribution in [2.45, 2.75) is 33.1 Å². The lowest BCUT2D eigenvalue weighted by molar-refractivity contribution is -0.136. The van der Waals surface area contributed by atoms with Crippen LogP contribution >= 0.6 is 0 Å². The van der Waals surface area contributed by atoms with Gasteiger partial charge in [-0.1, -0.05) is 13.3 Å². The summed E-state index contributed by atoms with van der Waals surface area (Å²) >= 11 is 0. The van der Waals surface area contributed by atoms with Crippen LogP contribution < -0.4 is 4.74 Å². The topological polar surface area (TPSA) is 63.8 Å². The number of pyridine rings is 1. The number of unbranched alkanes of at least 4 members (excludes halogenated alkanes) is 1. The van der Waals surface area contributed by atoms with E-state index in [-0.39, 0.29) is 6.42 Å². The number of carboxylic acid groups (broad SMARTS) is 1. The molecule has 2 aromatic heterocycles. The van der Waals surface area contributed by atoms with Crippen molar-refractivity contribution in [3.63, 3.8) is 0 Å². The fourth-order valence-corrected chi connectivity index (χ4v) is 2.00. The first-order valence-electron chi connectivity index (χ1n) is 6.44. The molecule has 0 bridgehead atoms. The van der Waals surface area contributed by atoms with Gasteiger partial charge in [-0.3, -0.25) is 4.79 Å². The van der Waals surface area contributed by atoms with E-state index in [4.69, 9.17) is 9.84 Å². The molecule has 0 aliphatic heterocycles. The fourth-order valence-electron chi connectivity index (χ4n) is 2.00. The van der Waals surface area contributed by atoms with Crippen molar-refractivity contribution >= 4 is 11.6 Å². The number of aryl methyl sites for hydroxylation is 1. The minimum atomic E-state index is -0.859. The highest BCUT2D eigenvalue weighted by Gasteiger charge is 2.14. The molecule has 0 amide bonds. The predicted molar refractivity (Wildman–Crippen MR) is 71.7 cm³/mol. The minimum absolute atomic E-state index is 0.0363. The van der Waals surface area contributed by atoms with E-state index >= 15 is 0 Å². The van der Waals surface area contributed by atoms with E-state index in [1.165, 1.54) is 0 Å². The number of aliphatic carboxylic acids is 1. The summed E-state index contributed by atoms with van der Waals surface area (Å²) in [5, 5.41) is 8.94. The molecule has 0 aliphatic rings. The van der Waals surface area contributed by atoms with E-state index in [9.17, 15) is 4.79 Å². The summed E-state index contributed by atoms with van der Waals surface area (Å²) in [5.74, 6) is -0.155. The molecule has 2 rings (SSSR count). The largest absolute Gasteiger partial charge is 0.490 e. The first-order valence-corrected chi connectivity index (χ1v) is 6.44. The third kappa shape index (κ3) is 2.86. The van der Waals surface area contributed by atoms with Crippen LogP contribution in [-0.2, 0) is 11.2 Å². The first-order chi connectivity index (χ1) is 9.13. The number of ether oxygens (including phenoxy) is 1. The van der Waals surface area contributed by atoms with E-state index < -0.39 is 5.97 Å². The molecule has 102 valence electrons. The van der Waals surface area contributed by atoms with Gasteiger partial charge in [0.1, 0.15) is 0 Å². The lowest BCUT2D eigenvalue weighted by atomic mass is 10.2. The normalized spacial score (nSPS) is 10.8. The monoisotopic (exact) mass is 262 g/mol. The molecule has 2 heterocycles. The zero-order valence-electron chi connectivity index (χ0n) is 11.2. The molecule has 0 radical (unpaired) electrons. The van der Waals surface area contributed by atoms with E-state index in [1.54, 1.807) is 4.40 Å². The Morgan fingerprint density at radius 2 is 2.32 bits per heavy atom. The zero-order chi connectivity index (χ0) is 13.8. The van der Waals surface area contributed by atoms with Crippen LogP contribution in [-0.4, -0.2) is 27.1 Å². The number of fused-ring (bicyclic) bond motifs is 1. The second-order valence-electron chi connectivity index (χ2n) is 4.48. The molecule has 0 unspecified atom stereocenters. The van der Waals surface area contributed by atoms with Crippen LogP contribution in [0.3, 0.4) is 0 Å². The average Bonchev–Trinajstić information content (AvgIpc) is 2.67. The van der Waals surface area contributed by atoms with Gasteiger partial charge in [0.25, 0.3) is 0 Å². The summed E-state index contributed by atoms with van der Waals surface area (Å²) in [5.41, 5.74) is 2.12. The number of hydrogen-bond donors (Lipinski definition) is 1. The molecule has 19 heavy (non-hydrogen) atoms. The molecule has 5 heteroatoms. The lowest BCUT2D eigenvalue weighted by Gasteiger charge is -2.07. The molecule has 0 saturated heterocycles. The minimum Gasteiger partial charge on any atom is -0.490 e. The van der Waals surface area contributed by atoms with Crippen molar-refractivity contribution in [1.82, 2.24) is 9.38 Å². The summed E-state index contributed by atoms with van der Waals surface area (Å²) in [6.45, 7) is 4.58. The van der Waals surface area contributed by atoms with Gasteiger partial charge < -0.3 is 14.2 Å². The van der Waals surface area contributed by atoms with Crippen LogP contribution in [0, 0.1) is 6.92 Å². The molecule has 0 aromatic carbocycles. The number of carboxylic acids is 1. The van der Waals surface area contributed by atoms with Crippen LogP contribution in [0.2, 0.25) is 0 Å². The number of imidazole rings is 1. The molecule has 0 saturated carbocycles. The van der Waals surface area contributed by atoms with Gasteiger partial charge in [0, 0.05) is 6.20 Å². The molecule has 0 aliphatic carbocycles. The van der Waals surface area contributed by atoms with Crippen molar-refractivity contribution in [1.29, 1.82) is 0 Å². The number of aromatic nitrogens is 2. The molecule has 2 aromatic rings. The van der Waals surface area contributed by atoms with Gasteiger partial charge in [-0.15, -0.1) is 0 Å². The van der Waals surface area contributed by atoms with E-state index in [1.807, 2.05) is 25.3 Å². The van der Waals surface area contributed by atoms with E-state index in [2.05, 4.69) is 11.9 Å². The Kier molecular flexibility index (Phi) is 4.04. The van der Waals surface area contributed by atoms with Gasteiger partial charge >= 0.3 is 5.97 Å². The maximum atomic E-state index is 10.9. The highest BCUT2D eigenvalue weighted by atomic mass is 16.5. The molecule has 0 atom stereocenters. The van der Waals surface area contributed by atoms with E-state index in [0.717, 1.165) is 18.5 Å². The van der Waals surface area contributed by atoms with Crippen molar-refractivity contribution in [2.75, 3.05) is 6.61 Å². The van der Waals surface area contributed by atoms with Crippen molar-refractivity contribution < 1.29 is 14.6 Å². The van der Waals surface area contributed by atoms with Gasteiger partial charge in [-0.25, -0.2) is 4.98 Å². The molecule has 5 nitrogen and oxygen atoms in total. The summed E-state index contributed by atoms with van der Waals surface area (Å²) in [7, 11) is 0. The van der Waals surface area contributed by atoms with Crippen LogP contribution in [0.25, 0.3) is 5.65 Å². The predicted octanol–water partition coefficient (Wildman–Crippen LogP) is 2.45. The van der Waals surface area contributed by atoms with E-state index in [0.29, 0.717) is 23.7 Å². The summed E-state index contributed by atoms with van der Waals surface area (Å²) in [6, 6.07) is 3.71. The summed E-state index contributed by atoms with van der Waals surface area (Å²) in [4.78, 5) is 15.3. The summed E-state index contributed by atoms with van der Waals surface area (Å²) < 4.78 is 7.50. The van der Waals surface area contributed by atoms with Crippen molar-refractivity contribution in [3.05, 3.63) is 29.7 Å². The Morgan fingerprint density at radius 1 is 1.53 bits per heavy atom. The molecule has 0 fully saturated rings. The van der Waals surface area contributed by atoms with Crippen molar-refractivity contribution in [2.24, 2.45) is 0 Å². The Hall–Kier alpha value is -2.04. The number of rotatable bonds is 6. The van der Waals surface area contributed by atoms with Gasteiger partial charge in [0.15, 0.2) is 11.4 Å².